The van der Waals surface area contributed by atoms with E-state index in [9.17, 15) is 4.79 Å². The minimum absolute atomic E-state index is 0.175. The molecule has 0 aromatic heterocycles. The average molecular weight is 357 g/mol. The number of carbonyl (C=O) groups excluding carboxylic acids is 1. The molecule has 2 rings (SSSR count). The lowest BCUT2D eigenvalue weighted by molar-refractivity contribution is 0.0946. The van der Waals surface area contributed by atoms with E-state index < -0.39 is 0 Å². The Bertz CT molecular complexity index is 710. The van der Waals surface area contributed by atoms with Gasteiger partial charge in [0, 0.05) is 5.56 Å². The van der Waals surface area contributed by atoms with Crippen molar-refractivity contribution in [3.63, 3.8) is 0 Å². The van der Waals surface area contributed by atoms with E-state index in [4.69, 9.17) is 14.2 Å². The molecular weight excluding hydrogens is 330 g/mol. The molecule has 0 heterocycles. The van der Waals surface area contributed by atoms with Crippen molar-refractivity contribution in [2.75, 3.05) is 26.9 Å². The molecule has 0 saturated heterocycles. The van der Waals surface area contributed by atoms with E-state index in [1.54, 1.807) is 25.3 Å². The zero-order valence-corrected chi connectivity index (χ0v) is 15.9. The number of amides is 1. The number of hydrogen-bond donors (Lipinski definition) is 1. The highest BCUT2D eigenvalue weighted by Crippen LogP contribution is 2.28. The minimum atomic E-state index is -0.175. The predicted octanol–water partition coefficient (Wildman–Crippen LogP) is 3.85. The Balaban J connectivity index is 1.85. The molecule has 0 saturated carbocycles. The highest BCUT2D eigenvalue weighted by molar-refractivity contribution is 5.94. The van der Waals surface area contributed by atoms with Crippen LogP contribution in [0.15, 0.2) is 42.5 Å². The van der Waals surface area contributed by atoms with E-state index in [-0.39, 0.29) is 5.91 Å². The number of ether oxygens (including phenoxy) is 3. The summed E-state index contributed by atoms with van der Waals surface area (Å²) >= 11 is 0. The van der Waals surface area contributed by atoms with E-state index in [2.05, 4.69) is 19.2 Å². The predicted molar refractivity (Wildman–Crippen MR) is 102 cm³/mol. The van der Waals surface area contributed by atoms with Gasteiger partial charge in [0.1, 0.15) is 12.4 Å². The molecule has 0 unspecified atom stereocenters. The lowest BCUT2D eigenvalue weighted by Gasteiger charge is -2.13. The Hall–Kier alpha value is -2.69. The van der Waals surface area contributed by atoms with Crippen LogP contribution in [0.2, 0.25) is 0 Å². The molecule has 0 aliphatic rings. The fourth-order valence-corrected chi connectivity index (χ4v) is 2.25. The molecule has 5 nitrogen and oxygen atoms in total. The van der Waals surface area contributed by atoms with Gasteiger partial charge in [-0.05, 0) is 43.2 Å². The van der Waals surface area contributed by atoms with Gasteiger partial charge in [-0.2, -0.15) is 0 Å². The Morgan fingerprint density at radius 1 is 1.04 bits per heavy atom. The van der Waals surface area contributed by atoms with Gasteiger partial charge in [0.15, 0.2) is 11.5 Å². The van der Waals surface area contributed by atoms with Crippen molar-refractivity contribution < 1.29 is 19.0 Å². The summed E-state index contributed by atoms with van der Waals surface area (Å²) in [6, 6.07) is 13.0. The van der Waals surface area contributed by atoms with Crippen molar-refractivity contribution in [2.45, 2.75) is 20.8 Å². The number of aryl methyl sites for hydroxylation is 1. The van der Waals surface area contributed by atoms with Gasteiger partial charge in [0.05, 0.1) is 20.3 Å². The van der Waals surface area contributed by atoms with E-state index in [1.165, 1.54) is 5.56 Å². The smallest absolute Gasteiger partial charge is 0.251 e. The Morgan fingerprint density at radius 2 is 1.77 bits per heavy atom. The number of carbonyl (C=O) groups is 1. The van der Waals surface area contributed by atoms with Crippen molar-refractivity contribution in [1.29, 1.82) is 0 Å². The highest BCUT2D eigenvalue weighted by Gasteiger charge is 2.11. The van der Waals surface area contributed by atoms with Crippen LogP contribution in [0.3, 0.4) is 0 Å². The van der Waals surface area contributed by atoms with Crippen molar-refractivity contribution in [2.24, 2.45) is 5.92 Å². The van der Waals surface area contributed by atoms with Crippen molar-refractivity contribution in [3.05, 3.63) is 53.6 Å². The topological polar surface area (TPSA) is 56.8 Å². The molecule has 0 aliphatic heterocycles. The van der Waals surface area contributed by atoms with E-state index >= 15 is 0 Å². The summed E-state index contributed by atoms with van der Waals surface area (Å²) in [5.74, 6) is 2.22. The first-order valence-corrected chi connectivity index (χ1v) is 8.78. The number of nitrogens with one attached hydrogen (secondary N) is 1. The first kappa shape index (κ1) is 19.6. The molecule has 0 bridgehead atoms. The third-order valence-electron chi connectivity index (χ3n) is 3.68. The molecule has 2 aromatic rings. The van der Waals surface area contributed by atoms with Gasteiger partial charge >= 0.3 is 0 Å². The lowest BCUT2D eigenvalue weighted by Crippen LogP contribution is -2.28. The summed E-state index contributed by atoms with van der Waals surface area (Å²) in [4.78, 5) is 12.3. The molecule has 2 aromatic carbocycles. The van der Waals surface area contributed by atoms with Crippen LogP contribution in [-0.2, 0) is 0 Å². The first-order valence-electron chi connectivity index (χ1n) is 8.78. The SMILES string of the molecule is COc1cc(C(=O)NCCOc2ccc(C)cc2)ccc1OCC(C)C. The summed E-state index contributed by atoms with van der Waals surface area (Å²) in [6.07, 6.45) is 0. The molecular formula is C21H27NO4. The summed E-state index contributed by atoms with van der Waals surface area (Å²) in [5.41, 5.74) is 1.70. The van der Waals surface area contributed by atoms with Crippen LogP contribution in [0.5, 0.6) is 17.2 Å². The van der Waals surface area contributed by atoms with Gasteiger partial charge in [-0.3, -0.25) is 4.79 Å². The van der Waals surface area contributed by atoms with Gasteiger partial charge in [0.25, 0.3) is 5.91 Å². The maximum absolute atomic E-state index is 12.3. The Labute approximate surface area is 155 Å². The first-order chi connectivity index (χ1) is 12.5. The molecule has 0 aliphatic carbocycles. The molecule has 0 fully saturated rings. The lowest BCUT2D eigenvalue weighted by atomic mass is 10.2. The number of benzene rings is 2. The molecule has 26 heavy (non-hydrogen) atoms. The van der Waals surface area contributed by atoms with Crippen LogP contribution in [0, 0.1) is 12.8 Å². The van der Waals surface area contributed by atoms with Crippen LogP contribution >= 0.6 is 0 Å². The quantitative estimate of drug-likeness (QED) is 0.693. The third-order valence-corrected chi connectivity index (χ3v) is 3.68. The van der Waals surface area contributed by atoms with E-state index in [0.29, 0.717) is 42.7 Å². The van der Waals surface area contributed by atoms with Crippen LogP contribution in [0.4, 0.5) is 0 Å². The van der Waals surface area contributed by atoms with Crippen LogP contribution in [0.1, 0.15) is 29.8 Å². The normalized spacial score (nSPS) is 10.5. The maximum atomic E-state index is 12.3. The molecule has 0 atom stereocenters. The van der Waals surface area contributed by atoms with E-state index in [0.717, 1.165) is 5.75 Å². The van der Waals surface area contributed by atoms with Gasteiger partial charge in [0.2, 0.25) is 0 Å². The highest BCUT2D eigenvalue weighted by atomic mass is 16.5. The largest absolute Gasteiger partial charge is 0.493 e. The van der Waals surface area contributed by atoms with Crippen LogP contribution in [0.25, 0.3) is 0 Å². The van der Waals surface area contributed by atoms with Crippen LogP contribution < -0.4 is 19.5 Å². The maximum Gasteiger partial charge on any atom is 0.251 e. The molecule has 0 spiro atoms. The fourth-order valence-electron chi connectivity index (χ4n) is 2.25. The zero-order valence-electron chi connectivity index (χ0n) is 15.9. The summed E-state index contributed by atoms with van der Waals surface area (Å²) in [5, 5.41) is 2.84. The van der Waals surface area contributed by atoms with Gasteiger partial charge in [-0.25, -0.2) is 0 Å². The standard InChI is InChI=1S/C21H27NO4/c1-15(2)14-26-19-10-7-17(13-20(19)24-4)21(23)22-11-12-25-18-8-5-16(3)6-9-18/h5-10,13,15H,11-12,14H2,1-4H3,(H,22,23). The summed E-state index contributed by atoms with van der Waals surface area (Å²) in [6.45, 7) is 7.60. The second-order valence-electron chi connectivity index (χ2n) is 6.49. The molecule has 140 valence electrons. The summed E-state index contributed by atoms with van der Waals surface area (Å²) < 4.78 is 16.6. The average Bonchev–Trinajstić information content (AvgIpc) is 2.64. The van der Waals surface area contributed by atoms with Crippen LogP contribution in [-0.4, -0.2) is 32.8 Å². The second kappa shape index (κ2) is 9.70. The Kier molecular flexibility index (Phi) is 7.33. The van der Waals surface area contributed by atoms with Gasteiger partial charge in [-0.1, -0.05) is 31.5 Å². The molecule has 5 heteroatoms. The van der Waals surface area contributed by atoms with Crippen molar-refractivity contribution in [3.8, 4) is 17.2 Å². The number of hydrogen-bond acceptors (Lipinski definition) is 4. The Morgan fingerprint density at radius 3 is 2.42 bits per heavy atom. The van der Waals surface area contributed by atoms with Gasteiger partial charge < -0.3 is 19.5 Å². The molecule has 1 N–H and O–H groups in total. The van der Waals surface area contributed by atoms with Gasteiger partial charge in [-0.15, -0.1) is 0 Å². The second-order valence-corrected chi connectivity index (χ2v) is 6.49. The van der Waals surface area contributed by atoms with Crippen molar-refractivity contribution >= 4 is 5.91 Å². The van der Waals surface area contributed by atoms with E-state index in [1.807, 2.05) is 31.2 Å². The number of methoxy groups -OCH3 is 1. The zero-order chi connectivity index (χ0) is 18.9. The minimum Gasteiger partial charge on any atom is -0.493 e. The molecule has 1 amide bonds. The molecule has 0 radical (unpaired) electrons. The van der Waals surface area contributed by atoms with Crippen molar-refractivity contribution in [1.82, 2.24) is 5.32 Å². The third kappa shape index (κ3) is 5.99. The fraction of sp³-hybridized carbons (Fsp3) is 0.381. The summed E-state index contributed by atoms with van der Waals surface area (Å²) in [7, 11) is 1.56. The monoisotopic (exact) mass is 357 g/mol. The number of rotatable bonds is 9.